The zero-order valence-electron chi connectivity index (χ0n) is 15.3. The number of rotatable bonds is 8. The Morgan fingerprint density at radius 1 is 1.07 bits per heavy atom. The van der Waals surface area contributed by atoms with Crippen LogP contribution < -0.4 is 20.5 Å². The van der Waals surface area contributed by atoms with Crippen molar-refractivity contribution in [3.8, 4) is 5.75 Å². The average Bonchev–Trinajstić information content (AvgIpc) is 2.68. The number of sulfonamides is 1. The number of nitrogens with zero attached hydrogens (tertiary/aromatic N) is 2. The van der Waals surface area contributed by atoms with Crippen LogP contribution in [0.3, 0.4) is 0 Å². The first kappa shape index (κ1) is 19.6. The third-order valence-corrected chi connectivity index (χ3v) is 4.90. The monoisotopic (exact) mass is 399 g/mol. The van der Waals surface area contributed by atoms with Crippen molar-refractivity contribution >= 4 is 27.5 Å². The number of anilines is 3. The second-order valence-electron chi connectivity index (χ2n) is 5.96. The molecule has 3 rings (SSSR count). The molecule has 0 amide bonds. The first-order valence-electron chi connectivity index (χ1n) is 8.54. The van der Waals surface area contributed by atoms with Gasteiger partial charge in [0.15, 0.2) is 0 Å². The molecule has 0 saturated carbocycles. The van der Waals surface area contributed by atoms with E-state index in [4.69, 9.17) is 9.88 Å². The van der Waals surface area contributed by atoms with Crippen molar-refractivity contribution in [3.05, 3.63) is 66.4 Å². The van der Waals surface area contributed by atoms with Crippen molar-refractivity contribution in [2.24, 2.45) is 5.14 Å². The summed E-state index contributed by atoms with van der Waals surface area (Å²) in [5.74, 6) is 1.85. The van der Waals surface area contributed by atoms with Gasteiger partial charge in [-0.2, -0.15) is 4.98 Å². The second kappa shape index (κ2) is 8.68. The van der Waals surface area contributed by atoms with Crippen LogP contribution in [0.15, 0.2) is 65.7 Å². The van der Waals surface area contributed by atoms with Gasteiger partial charge < -0.3 is 15.4 Å². The molecule has 0 spiro atoms. The molecule has 1 aromatic heterocycles. The quantitative estimate of drug-likeness (QED) is 0.532. The van der Waals surface area contributed by atoms with Crippen LogP contribution in [0.5, 0.6) is 5.75 Å². The molecular weight excluding hydrogens is 378 g/mol. The van der Waals surface area contributed by atoms with Crippen LogP contribution in [-0.2, 0) is 16.4 Å². The first-order valence-corrected chi connectivity index (χ1v) is 10.1. The van der Waals surface area contributed by atoms with E-state index in [1.54, 1.807) is 31.5 Å². The second-order valence-corrected chi connectivity index (χ2v) is 7.52. The third kappa shape index (κ3) is 5.18. The van der Waals surface area contributed by atoms with E-state index in [1.807, 2.05) is 24.3 Å². The Balaban J connectivity index is 1.59. The summed E-state index contributed by atoms with van der Waals surface area (Å²) in [6, 6.07) is 15.8. The van der Waals surface area contributed by atoms with E-state index in [1.165, 1.54) is 12.1 Å². The molecule has 8 nitrogen and oxygen atoms in total. The van der Waals surface area contributed by atoms with Crippen molar-refractivity contribution in [2.75, 3.05) is 24.3 Å². The predicted molar refractivity (Wildman–Crippen MR) is 108 cm³/mol. The minimum Gasteiger partial charge on any atom is -0.495 e. The SMILES string of the molecule is COc1ccccc1Nc1ccnc(NCCc2ccc(S(N)(=O)=O)cc2)n1. The summed E-state index contributed by atoms with van der Waals surface area (Å²) in [7, 11) is -2.06. The maximum Gasteiger partial charge on any atom is 0.238 e. The highest BCUT2D eigenvalue weighted by Crippen LogP contribution is 2.26. The number of benzene rings is 2. The summed E-state index contributed by atoms with van der Waals surface area (Å²) in [4.78, 5) is 8.75. The van der Waals surface area contributed by atoms with E-state index < -0.39 is 10.0 Å². The molecule has 0 atom stereocenters. The lowest BCUT2D eigenvalue weighted by atomic mass is 10.1. The molecule has 0 aliphatic rings. The van der Waals surface area contributed by atoms with Gasteiger partial charge in [-0.05, 0) is 42.3 Å². The van der Waals surface area contributed by atoms with E-state index in [2.05, 4.69) is 20.6 Å². The van der Waals surface area contributed by atoms with Gasteiger partial charge in [-0.3, -0.25) is 0 Å². The molecule has 4 N–H and O–H groups in total. The van der Waals surface area contributed by atoms with Crippen molar-refractivity contribution in [3.63, 3.8) is 0 Å². The zero-order valence-corrected chi connectivity index (χ0v) is 16.1. The van der Waals surface area contributed by atoms with Gasteiger partial charge in [0.2, 0.25) is 16.0 Å². The lowest BCUT2D eigenvalue weighted by Crippen LogP contribution is -2.12. The van der Waals surface area contributed by atoms with E-state index >= 15 is 0 Å². The fraction of sp³-hybridized carbons (Fsp3) is 0.158. The number of para-hydroxylation sites is 2. The number of hydrogen-bond acceptors (Lipinski definition) is 7. The van der Waals surface area contributed by atoms with Crippen molar-refractivity contribution < 1.29 is 13.2 Å². The van der Waals surface area contributed by atoms with Gasteiger partial charge in [-0.1, -0.05) is 24.3 Å². The van der Waals surface area contributed by atoms with Gasteiger partial charge in [-0.25, -0.2) is 18.5 Å². The fourth-order valence-corrected chi connectivity index (χ4v) is 3.08. The summed E-state index contributed by atoms with van der Waals surface area (Å²) in [5.41, 5.74) is 1.78. The van der Waals surface area contributed by atoms with Gasteiger partial charge in [0, 0.05) is 12.7 Å². The van der Waals surface area contributed by atoms with Crippen LogP contribution >= 0.6 is 0 Å². The molecule has 28 heavy (non-hydrogen) atoms. The van der Waals surface area contributed by atoms with E-state index in [-0.39, 0.29) is 4.90 Å². The molecule has 146 valence electrons. The van der Waals surface area contributed by atoms with Gasteiger partial charge in [0.05, 0.1) is 17.7 Å². The largest absolute Gasteiger partial charge is 0.495 e. The highest BCUT2D eigenvalue weighted by atomic mass is 32.2. The molecule has 9 heteroatoms. The number of nitrogens with two attached hydrogens (primary N) is 1. The molecule has 0 saturated heterocycles. The van der Waals surface area contributed by atoms with Crippen LogP contribution in [0.2, 0.25) is 0 Å². The van der Waals surface area contributed by atoms with E-state index in [0.29, 0.717) is 24.7 Å². The lowest BCUT2D eigenvalue weighted by molar-refractivity contribution is 0.417. The molecule has 0 radical (unpaired) electrons. The Labute approximate surface area is 163 Å². The molecule has 3 aromatic rings. The van der Waals surface area contributed by atoms with Gasteiger partial charge >= 0.3 is 0 Å². The minimum atomic E-state index is -3.67. The molecule has 0 bridgehead atoms. The Hall–Kier alpha value is -3.17. The summed E-state index contributed by atoms with van der Waals surface area (Å²) in [6.45, 7) is 0.590. The Morgan fingerprint density at radius 3 is 2.54 bits per heavy atom. The lowest BCUT2D eigenvalue weighted by Gasteiger charge is -2.11. The fourth-order valence-electron chi connectivity index (χ4n) is 2.56. The van der Waals surface area contributed by atoms with Crippen LogP contribution in [0.25, 0.3) is 0 Å². The van der Waals surface area contributed by atoms with Gasteiger partial charge in [0.25, 0.3) is 0 Å². The van der Waals surface area contributed by atoms with E-state index in [0.717, 1.165) is 17.0 Å². The van der Waals surface area contributed by atoms with Gasteiger partial charge in [-0.15, -0.1) is 0 Å². The van der Waals surface area contributed by atoms with Gasteiger partial charge in [0.1, 0.15) is 11.6 Å². The predicted octanol–water partition coefficient (Wildman–Crippen LogP) is 2.53. The number of primary sulfonamides is 1. The summed E-state index contributed by atoms with van der Waals surface area (Å²) in [5, 5.41) is 11.5. The molecule has 0 aliphatic carbocycles. The number of hydrogen-bond donors (Lipinski definition) is 3. The number of nitrogens with one attached hydrogen (secondary N) is 2. The standard InChI is InChI=1S/C19H21N5O3S/c1-27-17-5-3-2-4-16(17)23-18-11-13-22-19(24-18)21-12-10-14-6-8-15(9-7-14)28(20,25)26/h2-9,11,13H,10,12H2,1H3,(H2,20,25,26)(H2,21,22,23,24). The maximum absolute atomic E-state index is 11.3. The van der Waals surface area contributed by atoms with Crippen molar-refractivity contribution in [1.29, 1.82) is 0 Å². The number of ether oxygens (including phenoxy) is 1. The Kier molecular flexibility index (Phi) is 6.07. The van der Waals surface area contributed by atoms with Crippen LogP contribution in [0.4, 0.5) is 17.5 Å². The van der Waals surface area contributed by atoms with E-state index in [9.17, 15) is 8.42 Å². The number of methoxy groups -OCH3 is 1. The normalized spacial score (nSPS) is 11.1. The Bertz CT molecular complexity index is 1040. The van der Waals surface area contributed by atoms with Crippen molar-refractivity contribution in [1.82, 2.24) is 9.97 Å². The molecule has 0 unspecified atom stereocenters. The molecule has 0 aliphatic heterocycles. The summed E-state index contributed by atoms with van der Waals surface area (Å²) >= 11 is 0. The average molecular weight is 399 g/mol. The zero-order chi connectivity index (χ0) is 20.0. The molecule has 1 heterocycles. The van der Waals surface area contributed by atoms with Crippen LogP contribution in [-0.4, -0.2) is 32.0 Å². The number of aromatic nitrogens is 2. The minimum absolute atomic E-state index is 0.0997. The van der Waals surface area contributed by atoms with Crippen LogP contribution in [0.1, 0.15) is 5.56 Å². The molecule has 2 aromatic carbocycles. The maximum atomic E-state index is 11.3. The van der Waals surface area contributed by atoms with Crippen LogP contribution in [0, 0.1) is 0 Å². The summed E-state index contributed by atoms with van der Waals surface area (Å²) < 4.78 is 27.9. The third-order valence-electron chi connectivity index (χ3n) is 3.97. The molecule has 0 fully saturated rings. The first-order chi connectivity index (χ1) is 13.5. The highest BCUT2D eigenvalue weighted by Gasteiger charge is 2.07. The highest BCUT2D eigenvalue weighted by molar-refractivity contribution is 7.89. The molecular formula is C19H21N5O3S. The Morgan fingerprint density at radius 2 is 1.82 bits per heavy atom. The van der Waals surface area contributed by atoms with Crippen molar-refractivity contribution in [2.45, 2.75) is 11.3 Å². The summed E-state index contributed by atoms with van der Waals surface area (Å²) in [6.07, 6.45) is 2.34. The topological polar surface area (TPSA) is 119 Å². The smallest absolute Gasteiger partial charge is 0.238 e.